The van der Waals surface area contributed by atoms with Crippen LogP contribution in [-0.4, -0.2) is 59.9 Å². The maximum Gasteiger partial charge on any atom is 0.237 e. The third-order valence-electron chi connectivity index (χ3n) is 6.43. The van der Waals surface area contributed by atoms with Crippen molar-refractivity contribution in [3.8, 4) is 0 Å². The molecule has 1 aromatic carbocycles. The van der Waals surface area contributed by atoms with Crippen LogP contribution in [0.3, 0.4) is 0 Å². The van der Waals surface area contributed by atoms with E-state index in [9.17, 15) is 9.59 Å². The van der Waals surface area contributed by atoms with Crippen LogP contribution in [0.1, 0.15) is 50.7 Å². The highest BCUT2D eigenvalue weighted by Crippen LogP contribution is 2.23. The second kappa shape index (κ2) is 9.55. The average molecular weight is 386 g/mol. The van der Waals surface area contributed by atoms with Crippen LogP contribution in [0.15, 0.2) is 24.3 Å². The summed E-state index contributed by atoms with van der Waals surface area (Å²) in [4.78, 5) is 29.4. The van der Waals surface area contributed by atoms with E-state index < -0.39 is 0 Å². The number of rotatable bonds is 5. The highest BCUT2D eigenvalue weighted by molar-refractivity contribution is 5.82. The van der Waals surface area contributed by atoms with Gasteiger partial charge in [-0.1, -0.05) is 36.8 Å². The van der Waals surface area contributed by atoms with E-state index in [1.807, 2.05) is 36.1 Å². The monoisotopic (exact) mass is 385 g/mol. The third kappa shape index (κ3) is 5.57. The zero-order chi connectivity index (χ0) is 20.1. The van der Waals surface area contributed by atoms with Crippen LogP contribution in [0.25, 0.3) is 0 Å². The Labute approximate surface area is 169 Å². The van der Waals surface area contributed by atoms with Gasteiger partial charge in [0.2, 0.25) is 11.8 Å². The molecule has 1 aromatic rings. The number of piperazine rings is 1. The summed E-state index contributed by atoms with van der Waals surface area (Å²) < 4.78 is 0. The van der Waals surface area contributed by atoms with Crippen LogP contribution in [0, 0.1) is 12.8 Å². The highest BCUT2D eigenvalue weighted by atomic mass is 16.2. The van der Waals surface area contributed by atoms with E-state index in [4.69, 9.17) is 0 Å². The Balaban J connectivity index is 1.43. The first kappa shape index (κ1) is 20.8. The van der Waals surface area contributed by atoms with Crippen molar-refractivity contribution in [2.75, 3.05) is 26.2 Å². The molecule has 28 heavy (non-hydrogen) atoms. The summed E-state index contributed by atoms with van der Waals surface area (Å²) >= 11 is 0. The van der Waals surface area contributed by atoms with Crippen molar-refractivity contribution in [3.05, 3.63) is 35.4 Å². The largest absolute Gasteiger partial charge is 0.352 e. The van der Waals surface area contributed by atoms with Gasteiger partial charge in [0.1, 0.15) is 0 Å². The molecule has 1 saturated heterocycles. The fraction of sp³-hybridized carbons (Fsp3) is 0.652. The number of carbonyl (C=O) groups excluding carboxylic acids is 2. The fourth-order valence-corrected chi connectivity index (χ4v) is 4.24. The number of aryl methyl sites for hydroxylation is 1. The molecule has 1 unspecified atom stereocenters. The first-order valence-electron chi connectivity index (χ1n) is 10.8. The van der Waals surface area contributed by atoms with E-state index in [1.165, 1.54) is 18.4 Å². The van der Waals surface area contributed by atoms with Crippen molar-refractivity contribution < 1.29 is 9.59 Å². The van der Waals surface area contributed by atoms with Gasteiger partial charge in [-0.15, -0.1) is 0 Å². The number of carbonyl (C=O) groups is 2. The van der Waals surface area contributed by atoms with Crippen LogP contribution < -0.4 is 5.32 Å². The molecule has 0 spiro atoms. The molecule has 1 atom stereocenters. The van der Waals surface area contributed by atoms with E-state index in [0.29, 0.717) is 25.6 Å². The molecule has 5 heteroatoms. The van der Waals surface area contributed by atoms with E-state index in [0.717, 1.165) is 37.4 Å². The number of benzene rings is 1. The van der Waals surface area contributed by atoms with Crippen molar-refractivity contribution in [1.82, 2.24) is 15.1 Å². The number of nitrogens with zero attached hydrogens (tertiary/aromatic N) is 2. The van der Waals surface area contributed by atoms with Gasteiger partial charge < -0.3 is 10.2 Å². The van der Waals surface area contributed by atoms with Gasteiger partial charge in [0, 0.05) is 32.2 Å². The first-order chi connectivity index (χ1) is 13.4. The zero-order valence-electron chi connectivity index (χ0n) is 17.6. The molecule has 2 fully saturated rings. The molecule has 5 nitrogen and oxygen atoms in total. The normalized spacial score (nSPS) is 24.6. The maximum atomic E-state index is 12.6. The predicted molar refractivity (Wildman–Crippen MR) is 112 cm³/mol. The van der Waals surface area contributed by atoms with Gasteiger partial charge in [0.05, 0.1) is 12.5 Å². The van der Waals surface area contributed by atoms with Crippen molar-refractivity contribution in [3.63, 3.8) is 0 Å². The highest BCUT2D eigenvalue weighted by Gasteiger charge is 2.29. The molecule has 154 valence electrons. The topological polar surface area (TPSA) is 52.7 Å². The molecule has 1 N–H and O–H groups in total. The van der Waals surface area contributed by atoms with E-state index in [1.54, 1.807) is 0 Å². The standard InChI is InChI=1S/C23H35N3O2/c1-17-4-8-20(9-5-17)16-22(27)26-14-12-25(13-15-26)19(3)23(28)24-21-10-6-18(2)7-11-21/h4-5,8-9,18-19,21H,6-7,10-16H2,1-3H3,(H,24,28). The van der Waals surface area contributed by atoms with Gasteiger partial charge in [0.25, 0.3) is 0 Å². The molecule has 3 rings (SSSR count). The lowest BCUT2D eigenvalue weighted by atomic mass is 9.87. The molecular formula is C23H35N3O2. The molecular weight excluding hydrogens is 350 g/mol. The molecule has 1 aliphatic heterocycles. The van der Waals surface area contributed by atoms with Crippen LogP contribution in [0.5, 0.6) is 0 Å². The summed E-state index contributed by atoms with van der Waals surface area (Å²) in [6.45, 7) is 9.25. The second-order valence-electron chi connectivity index (χ2n) is 8.72. The Morgan fingerprint density at radius 2 is 1.64 bits per heavy atom. The number of hydrogen-bond donors (Lipinski definition) is 1. The minimum Gasteiger partial charge on any atom is -0.352 e. The SMILES string of the molecule is Cc1ccc(CC(=O)N2CCN(C(C)C(=O)NC3CCC(C)CC3)CC2)cc1. The van der Waals surface area contributed by atoms with E-state index >= 15 is 0 Å². The summed E-state index contributed by atoms with van der Waals surface area (Å²) in [6, 6.07) is 8.36. The van der Waals surface area contributed by atoms with Crippen LogP contribution >= 0.6 is 0 Å². The van der Waals surface area contributed by atoms with Gasteiger partial charge >= 0.3 is 0 Å². The van der Waals surface area contributed by atoms with Gasteiger partial charge in [0.15, 0.2) is 0 Å². The summed E-state index contributed by atoms with van der Waals surface area (Å²) in [7, 11) is 0. The first-order valence-corrected chi connectivity index (χ1v) is 10.8. The van der Waals surface area contributed by atoms with Gasteiger partial charge in [-0.25, -0.2) is 0 Å². The Bertz CT molecular complexity index is 657. The Morgan fingerprint density at radius 1 is 1.04 bits per heavy atom. The minimum absolute atomic E-state index is 0.131. The molecule has 2 aliphatic rings. The van der Waals surface area contributed by atoms with Gasteiger partial charge in [-0.05, 0) is 51.0 Å². The third-order valence-corrected chi connectivity index (χ3v) is 6.43. The van der Waals surface area contributed by atoms with E-state index in [2.05, 4.69) is 24.1 Å². The lowest BCUT2D eigenvalue weighted by Crippen LogP contribution is -2.56. The van der Waals surface area contributed by atoms with Crippen molar-refractivity contribution in [1.29, 1.82) is 0 Å². The minimum atomic E-state index is -0.131. The number of amides is 2. The molecule has 0 aromatic heterocycles. The molecule has 1 heterocycles. The molecule has 1 saturated carbocycles. The van der Waals surface area contributed by atoms with E-state index in [-0.39, 0.29) is 17.9 Å². The smallest absolute Gasteiger partial charge is 0.237 e. The van der Waals surface area contributed by atoms with Crippen LogP contribution in [-0.2, 0) is 16.0 Å². The lowest BCUT2D eigenvalue weighted by Gasteiger charge is -2.38. The second-order valence-corrected chi connectivity index (χ2v) is 8.72. The molecule has 0 radical (unpaired) electrons. The number of hydrogen-bond acceptors (Lipinski definition) is 3. The van der Waals surface area contributed by atoms with Gasteiger partial charge in [-0.3, -0.25) is 14.5 Å². The Hall–Kier alpha value is -1.88. The quantitative estimate of drug-likeness (QED) is 0.848. The maximum absolute atomic E-state index is 12.6. The van der Waals surface area contributed by atoms with Crippen LogP contribution in [0.4, 0.5) is 0 Å². The molecule has 0 bridgehead atoms. The van der Waals surface area contributed by atoms with Crippen LogP contribution in [0.2, 0.25) is 0 Å². The Kier molecular flexibility index (Phi) is 7.11. The zero-order valence-corrected chi connectivity index (χ0v) is 17.6. The summed E-state index contributed by atoms with van der Waals surface area (Å²) in [5.41, 5.74) is 2.27. The predicted octanol–water partition coefficient (Wildman–Crippen LogP) is 2.77. The van der Waals surface area contributed by atoms with Gasteiger partial charge in [-0.2, -0.15) is 0 Å². The van der Waals surface area contributed by atoms with Crippen molar-refractivity contribution in [2.45, 2.75) is 65.0 Å². The average Bonchev–Trinajstić information content (AvgIpc) is 2.71. The fourth-order valence-electron chi connectivity index (χ4n) is 4.24. The molecule has 2 amide bonds. The Morgan fingerprint density at radius 3 is 2.25 bits per heavy atom. The number of nitrogens with one attached hydrogen (secondary N) is 1. The lowest BCUT2D eigenvalue weighted by molar-refractivity contribution is -0.133. The van der Waals surface area contributed by atoms with Crippen molar-refractivity contribution in [2.24, 2.45) is 5.92 Å². The summed E-state index contributed by atoms with van der Waals surface area (Å²) in [6.07, 6.45) is 5.07. The van der Waals surface area contributed by atoms with Crippen molar-refractivity contribution >= 4 is 11.8 Å². The summed E-state index contributed by atoms with van der Waals surface area (Å²) in [5, 5.41) is 3.25. The molecule has 1 aliphatic carbocycles. The summed E-state index contributed by atoms with van der Waals surface area (Å²) in [5.74, 6) is 1.10.